The van der Waals surface area contributed by atoms with Gasteiger partial charge in [-0.1, -0.05) is 17.7 Å². The minimum atomic E-state index is -0.145. The van der Waals surface area contributed by atoms with Crippen molar-refractivity contribution in [1.82, 2.24) is 9.36 Å². The van der Waals surface area contributed by atoms with Crippen LogP contribution in [0.4, 0.5) is 0 Å². The van der Waals surface area contributed by atoms with Crippen molar-refractivity contribution in [3.8, 4) is 17.0 Å². The molecule has 0 radical (unpaired) electrons. The van der Waals surface area contributed by atoms with Gasteiger partial charge in [0.1, 0.15) is 5.56 Å². The van der Waals surface area contributed by atoms with Gasteiger partial charge in [-0.3, -0.25) is 4.79 Å². The summed E-state index contributed by atoms with van der Waals surface area (Å²) in [6.07, 6.45) is 0. The molecule has 1 N–H and O–H groups in total. The van der Waals surface area contributed by atoms with Crippen LogP contribution in [0.2, 0.25) is 0 Å². The van der Waals surface area contributed by atoms with Crippen molar-refractivity contribution in [2.24, 2.45) is 0 Å². The van der Waals surface area contributed by atoms with Gasteiger partial charge in [-0.05, 0) is 37.5 Å². The van der Waals surface area contributed by atoms with Gasteiger partial charge < -0.3 is 9.84 Å². The molecule has 0 saturated heterocycles. The van der Waals surface area contributed by atoms with Crippen LogP contribution in [0, 0.1) is 20.8 Å². The molecule has 0 atom stereocenters. The summed E-state index contributed by atoms with van der Waals surface area (Å²) in [5, 5.41) is 10.5. The topological polar surface area (TPSA) is 56.4 Å². The zero-order chi connectivity index (χ0) is 15.1. The van der Waals surface area contributed by atoms with Crippen LogP contribution in [0.5, 0.6) is 5.88 Å². The van der Waals surface area contributed by atoms with Gasteiger partial charge in [-0.25, -0.2) is 9.36 Å². The second-order valence-electron chi connectivity index (χ2n) is 5.64. The third kappa shape index (κ3) is 2.17. The summed E-state index contributed by atoms with van der Waals surface area (Å²) in [6, 6.07) is 4.08. The van der Waals surface area contributed by atoms with E-state index in [2.05, 4.69) is 0 Å². The molecule has 1 aliphatic rings. The molecule has 21 heavy (non-hydrogen) atoms. The van der Waals surface area contributed by atoms with Crippen LogP contribution >= 0.6 is 0 Å². The molecule has 5 nitrogen and oxygen atoms in total. The fourth-order valence-electron chi connectivity index (χ4n) is 3.22. The van der Waals surface area contributed by atoms with Crippen LogP contribution < -0.4 is 5.56 Å². The van der Waals surface area contributed by atoms with Crippen molar-refractivity contribution >= 4 is 0 Å². The molecule has 1 aromatic heterocycles. The Morgan fingerprint density at radius 3 is 2.19 bits per heavy atom. The smallest absolute Gasteiger partial charge is 0.278 e. The van der Waals surface area contributed by atoms with Crippen molar-refractivity contribution in [1.29, 1.82) is 0 Å². The molecule has 2 aromatic rings. The van der Waals surface area contributed by atoms with E-state index in [1.54, 1.807) is 9.36 Å². The Morgan fingerprint density at radius 1 is 1.00 bits per heavy atom. The largest absolute Gasteiger partial charge is 0.493 e. The van der Waals surface area contributed by atoms with E-state index in [1.165, 1.54) is 0 Å². The van der Waals surface area contributed by atoms with Gasteiger partial charge in [-0.2, -0.15) is 0 Å². The summed E-state index contributed by atoms with van der Waals surface area (Å²) in [7, 11) is 0. The van der Waals surface area contributed by atoms with E-state index < -0.39 is 0 Å². The number of hydrogen-bond donors (Lipinski definition) is 1. The van der Waals surface area contributed by atoms with Crippen LogP contribution in [-0.2, 0) is 17.8 Å². The lowest BCUT2D eigenvalue weighted by Crippen LogP contribution is -2.23. The average Bonchev–Trinajstić information content (AvgIpc) is 2.61. The van der Waals surface area contributed by atoms with Gasteiger partial charge in [0.05, 0.1) is 26.3 Å². The van der Waals surface area contributed by atoms with Crippen LogP contribution in [-0.4, -0.2) is 27.7 Å². The lowest BCUT2D eigenvalue weighted by atomic mass is 9.95. The Kier molecular flexibility index (Phi) is 3.37. The maximum absolute atomic E-state index is 12.7. The van der Waals surface area contributed by atoms with Crippen LogP contribution in [0.15, 0.2) is 16.9 Å². The molecule has 112 valence electrons. The predicted octanol–water partition coefficient (Wildman–Crippen LogP) is 1.98. The number of ether oxygens (including phenoxy) is 1. The molecule has 5 heteroatoms. The average molecular weight is 288 g/mol. The van der Waals surface area contributed by atoms with E-state index in [1.807, 2.05) is 32.9 Å². The fraction of sp³-hybridized carbons (Fsp3) is 0.438. The molecule has 0 saturated carbocycles. The third-order valence-corrected chi connectivity index (χ3v) is 4.03. The summed E-state index contributed by atoms with van der Waals surface area (Å²) in [5.74, 6) is 0.0422. The van der Waals surface area contributed by atoms with Crippen molar-refractivity contribution in [2.75, 3.05) is 13.2 Å². The molecule has 0 aliphatic carbocycles. The van der Waals surface area contributed by atoms with Gasteiger partial charge in [0.25, 0.3) is 5.56 Å². The van der Waals surface area contributed by atoms with Gasteiger partial charge in [0.15, 0.2) is 0 Å². The molecule has 0 unspecified atom stereocenters. The van der Waals surface area contributed by atoms with E-state index in [9.17, 15) is 9.90 Å². The van der Waals surface area contributed by atoms with E-state index in [0.29, 0.717) is 31.9 Å². The highest BCUT2D eigenvalue weighted by molar-refractivity contribution is 5.74. The monoisotopic (exact) mass is 288 g/mol. The number of rotatable bonds is 1. The molecule has 0 bridgehead atoms. The van der Waals surface area contributed by atoms with Crippen LogP contribution in [0.1, 0.15) is 16.7 Å². The minimum absolute atomic E-state index is 0.0422. The Morgan fingerprint density at radius 2 is 1.57 bits per heavy atom. The SMILES string of the molecule is Cc1cc(C)c(-c2c(O)n3n(c2=O)CCOCC3)c(C)c1. The number of aryl methyl sites for hydroxylation is 3. The highest BCUT2D eigenvalue weighted by atomic mass is 16.5. The number of aromatic hydroxyl groups is 1. The quantitative estimate of drug-likeness (QED) is 0.873. The van der Waals surface area contributed by atoms with Crippen molar-refractivity contribution in [2.45, 2.75) is 33.9 Å². The van der Waals surface area contributed by atoms with Crippen LogP contribution in [0.3, 0.4) is 0 Å². The molecule has 3 rings (SSSR count). The Labute approximate surface area is 123 Å². The summed E-state index contributed by atoms with van der Waals surface area (Å²) >= 11 is 0. The van der Waals surface area contributed by atoms with E-state index in [4.69, 9.17) is 4.74 Å². The maximum Gasteiger partial charge on any atom is 0.278 e. The molecule has 2 heterocycles. The van der Waals surface area contributed by atoms with Gasteiger partial charge in [0, 0.05) is 0 Å². The van der Waals surface area contributed by atoms with Gasteiger partial charge in [0.2, 0.25) is 5.88 Å². The van der Waals surface area contributed by atoms with Crippen molar-refractivity contribution < 1.29 is 9.84 Å². The second kappa shape index (κ2) is 5.07. The zero-order valence-corrected chi connectivity index (χ0v) is 12.6. The normalized spacial score (nSPS) is 14.8. The standard InChI is InChI=1S/C16H20N2O3/c1-10-8-11(2)13(12(3)9-10)14-15(19)17-4-6-21-7-5-18(17)16(14)20/h8-9,19H,4-7H2,1-3H3. The Bertz CT molecular complexity index is 733. The van der Waals surface area contributed by atoms with E-state index in [-0.39, 0.29) is 11.4 Å². The number of aromatic nitrogens is 2. The first-order chi connectivity index (χ1) is 10.0. The second-order valence-corrected chi connectivity index (χ2v) is 5.64. The summed E-state index contributed by atoms with van der Waals surface area (Å²) < 4.78 is 8.57. The zero-order valence-electron chi connectivity index (χ0n) is 12.6. The number of nitrogens with zero attached hydrogens (tertiary/aromatic N) is 2. The molecular weight excluding hydrogens is 268 g/mol. The lowest BCUT2D eigenvalue weighted by Gasteiger charge is -2.10. The van der Waals surface area contributed by atoms with E-state index in [0.717, 1.165) is 22.3 Å². The van der Waals surface area contributed by atoms with Crippen molar-refractivity contribution in [3.05, 3.63) is 39.2 Å². The highest BCUT2D eigenvalue weighted by Gasteiger charge is 2.24. The molecular formula is C16H20N2O3. The maximum atomic E-state index is 12.7. The Hall–Kier alpha value is -2.01. The molecule has 0 fully saturated rings. The molecule has 1 aromatic carbocycles. The molecule has 1 aliphatic heterocycles. The Balaban J connectivity index is 2.28. The highest BCUT2D eigenvalue weighted by Crippen LogP contribution is 2.33. The number of hydrogen-bond acceptors (Lipinski definition) is 3. The summed E-state index contributed by atoms with van der Waals surface area (Å²) in [4.78, 5) is 12.7. The number of fused-ring (bicyclic) bond motifs is 1. The first-order valence-electron chi connectivity index (χ1n) is 7.19. The number of benzene rings is 1. The molecule has 0 amide bonds. The van der Waals surface area contributed by atoms with Crippen LogP contribution in [0.25, 0.3) is 11.1 Å². The van der Waals surface area contributed by atoms with Gasteiger partial charge >= 0.3 is 0 Å². The third-order valence-electron chi connectivity index (χ3n) is 4.03. The van der Waals surface area contributed by atoms with E-state index >= 15 is 0 Å². The summed E-state index contributed by atoms with van der Waals surface area (Å²) in [6.45, 7) is 7.95. The summed E-state index contributed by atoms with van der Waals surface area (Å²) in [5.41, 5.74) is 4.29. The van der Waals surface area contributed by atoms with Gasteiger partial charge in [-0.15, -0.1) is 0 Å². The lowest BCUT2D eigenvalue weighted by molar-refractivity contribution is 0.137. The minimum Gasteiger partial charge on any atom is -0.493 e. The molecule has 0 spiro atoms. The predicted molar refractivity (Wildman–Crippen MR) is 80.8 cm³/mol. The van der Waals surface area contributed by atoms with Crippen molar-refractivity contribution in [3.63, 3.8) is 0 Å². The first kappa shape index (κ1) is 13.9. The fourth-order valence-corrected chi connectivity index (χ4v) is 3.22. The first-order valence-corrected chi connectivity index (χ1v) is 7.19.